The van der Waals surface area contributed by atoms with Crippen molar-refractivity contribution in [1.29, 1.82) is 0 Å². The topological polar surface area (TPSA) is 75.5 Å². The van der Waals surface area contributed by atoms with Gasteiger partial charge >= 0.3 is 0 Å². The Labute approximate surface area is 153 Å². The molecule has 2 aromatic rings. The standard InChI is InChI=1S/C20H23N3O3/c1-13-8-11-18(23(25)26)20(15(13)3)21-19(24)12-22-14(2)9-10-16-6-4-5-7-17(16)22/h4-8,11,14H,9-10,12H2,1-3H3,(H,21,24). The molecule has 6 nitrogen and oxygen atoms in total. The zero-order chi connectivity index (χ0) is 18.8. The Hall–Kier alpha value is -2.89. The summed E-state index contributed by atoms with van der Waals surface area (Å²) in [6.45, 7) is 5.93. The van der Waals surface area contributed by atoms with Gasteiger partial charge in [0.05, 0.1) is 11.5 Å². The minimum atomic E-state index is -0.457. The summed E-state index contributed by atoms with van der Waals surface area (Å²) in [7, 11) is 0. The molecular weight excluding hydrogens is 330 g/mol. The van der Waals surface area contributed by atoms with Crippen molar-refractivity contribution in [3.63, 3.8) is 0 Å². The van der Waals surface area contributed by atoms with Crippen LogP contribution in [0.25, 0.3) is 0 Å². The van der Waals surface area contributed by atoms with E-state index >= 15 is 0 Å². The summed E-state index contributed by atoms with van der Waals surface area (Å²) in [5.41, 5.74) is 4.14. The number of carbonyl (C=O) groups is 1. The molecule has 1 atom stereocenters. The molecule has 1 amide bonds. The van der Waals surface area contributed by atoms with Gasteiger partial charge in [0.2, 0.25) is 5.91 Å². The lowest BCUT2D eigenvalue weighted by atomic mass is 9.96. The molecule has 0 radical (unpaired) electrons. The second-order valence-corrected chi connectivity index (χ2v) is 6.85. The third kappa shape index (κ3) is 3.40. The maximum atomic E-state index is 12.7. The molecule has 3 rings (SSSR count). The van der Waals surface area contributed by atoms with Gasteiger partial charge in [-0.05, 0) is 56.4 Å². The first-order chi connectivity index (χ1) is 12.4. The van der Waals surface area contributed by atoms with Gasteiger partial charge in [0.15, 0.2) is 0 Å². The van der Waals surface area contributed by atoms with E-state index in [9.17, 15) is 14.9 Å². The van der Waals surface area contributed by atoms with E-state index in [0.29, 0.717) is 0 Å². The second-order valence-electron chi connectivity index (χ2n) is 6.85. The van der Waals surface area contributed by atoms with Crippen LogP contribution in [0.4, 0.5) is 17.1 Å². The monoisotopic (exact) mass is 353 g/mol. The number of hydrogen-bond acceptors (Lipinski definition) is 4. The van der Waals surface area contributed by atoms with Crippen LogP contribution in [0.3, 0.4) is 0 Å². The fourth-order valence-electron chi connectivity index (χ4n) is 3.45. The molecule has 26 heavy (non-hydrogen) atoms. The van der Waals surface area contributed by atoms with Crippen LogP contribution in [0, 0.1) is 24.0 Å². The Kier molecular flexibility index (Phi) is 4.93. The third-order valence-corrected chi connectivity index (χ3v) is 5.15. The molecule has 0 saturated heterocycles. The van der Waals surface area contributed by atoms with Crippen molar-refractivity contribution < 1.29 is 9.72 Å². The average Bonchev–Trinajstić information content (AvgIpc) is 2.61. The van der Waals surface area contributed by atoms with Gasteiger partial charge in [0.25, 0.3) is 5.69 Å². The normalized spacial score (nSPS) is 16.1. The van der Waals surface area contributed by atoms with Crippen molar-refractivity contribution in [2.75, 3.05) is 16.8 Å². The molecule has 1 aliphatic heterocycles. The molecule has 0 saturated carbocycles. The first-order valence-electron chi connectivity index (χ1n) is 8.77. The van der Waals surface area contributed by atoms with Crippen LogP contribution in [0.2, 0.25) is 0 Å². The summed E-state index contributed by atoms with van der Waals surface area (Å²) in [5, 5.41) is 14.1. The summed E-state index contributed by atoms with van der Waals surface area (Å²) in [6.07, 6.45) is 1.98. The van der Waals surface area contributed by atoms with E-state index in [2.05, 4.69) is 23.2 Å². The molecule has 1 aliphatic rings. The van der Waals surface area contributed by atoms with Crippen LogP contribution in [0.1, 0.15) is 30.0 Å². The lowest BCUT2D eigenvalue weighted by Crippen LogP contribution is -2.42. The van der Waals surface area contributed by atoms with Crippen molar-refractivity contribution in [1.82, 2.24) is 0 Å². The predicted molar refractivity (Wildman–Crippen MR) is 103 cm³/mol. The van der Waals surface area contributed by atoms with E-state index in [4.69, 9.17) is 0 Å². The number of nitro benzene ring substituents is 1. The van der Waals surface area contributed by atoms with Crippen LogP contribution >= 0.6 is 0 Å². The van der Waals surface area contributed by atoms with E-state index in [-0.39, 0.29) is 29.9 Å². The van der Waals surface area contributed by atoms with Crippen LogP contribution in [0.5, 0.6) is 0 Å². The zero-order valence-electron chi connectivity index (χ0n) is 15.3. The summed E-state index contributed by atoms with van der Waals surface area (Å²) in [5.74, 6) is -0.245. The number of benzene rings is 2. The summed E-state index contributed by atoms with van der Waals surface area (Å²) in [4.78, 5) is 25.6. The van der Waals surface area contributed by atoms with Gasteiger partial charge in [0, 0.05) is 17.8 Å². The number of aryl methyl sites for hydroxylation is 2. The zero-order valence-corrected chi connectivity index (χ0v) is 15.3. The Morgan fingerprint density at radius 3 is 2.73 bits per heavy atom. The number of carbonyl (C=O) groups excluding carboxylic acids is 1. The van der Waals surface area contributed by atoms with Crippen molar-refractivity contribution in [3.8, 4) is 0 Å². The predicted octanol–water partition coefficient (Wildman–Crippen LogP) is 3.99. The number of fused-ring (bicyclic) bond motifs is 1. The van der Waals surface area contributed by atoms with Gasteiger partial charge in [0.1, 0.15) is 5.69 Å². The summed E-state index contributed by atoms with van der Waals surface area (Å²) in [6, 6.07) is 11.5. The fourth-order valence-corrected chi connectivity index (χ4v) is 3.45. The highest BCUT2D eigenvalue weighted by Gasteiger charge is 2.26. The lowest BCUT2D eigenvalue weighted by molar-refractivity contribution is -0.384. The minimum Gasteiger partial charge on any atom is -0.359 e. The molecule has 136 valence electrons. The van der Waals surface area contributed by atoms with Crippen LogP contribution in [-0.4, -0.2) is 23.4 Å². The van der Waals surface area contributed by atoms with E-state index < -0.39 is 4.92 Å². The van der Waals surface area contributed by atoms with Crippen LogP contribution < -0.4 is 10.2 Å². The van der Waals surface area contributed by atoms with Gasteiger partial charge in [-0.2, -0.15) is 0 Å². The number of anilines is 2. The first-order valence-corrected chi connectivity index (χ1v) is 8.77. The van der Waals surface area contributed by atoms with Gasteiger partial charge < -0.3 is 10.2 Å². The number of nitro groups is 1. The Morgan fingerprint density at radius 2 is 2.00 bits per heavy atom. The maximum Gasteiger partial charge on any atom is 0.293 e. The summed E-state index contributed by atoms with van der Waals surface area (Å²) >= 11 is 0. The van der Waals surface area contributed by atoms with Gasteiger partial charge in [-0.1, -0.05) is 24.3 Å². The number of amides is 1. The SMILES string of the molecule is Cc1ccc([N+](=O)[O-])c(NC(=O)CN2c3ccccc3CCC2C)c1C. The quantitative estimate of drug-likeness (QED) is 0.666. The van der Waals surface area contributed by atoms with Gasteiger partial charge in [-0.25, -0.2) is 0 Å². The molecule has 0 bridgehead atoms. The Balaban J connectivity index is 1.85. The maximum absolute atomic E-state index is 12.7. The number of nitrogens with one attached hydrogen (secondary N) is 1. The Bertz CT molecular complexity index is 863. The van der Waals surface area contributed by atoms with Crippen LogP contribution in [-0.2, 0) is 11.2 Å². The Morgan fingerprint density at radius 1 is 1.27 bits per heavy atom. The highest BCUT2D eigenvalue weighted by atomic mass is 16.6. The molecule has 2 aromatic carbocycles. The van der Waals surface area contributed by atoms with Gasteiger partial charge in [-0.15, -0.1) is 0 Å². The highest BCUT2D eigenvalue weighted by molar-refractivity contribution is 5.97. The molecule has 1 N–H and O–H groups in total. The third-order valence-electron chi connectivity index (χ3n) is 5.15. The van der Waals surface area contributed by atoms with Crippen molar-refractivity contribution in [3.05, 3.63) is 63.2 Å². The van der Waals surface area contributed by atoms with E-state index in [1.165, 1.54) is 11.6 Å². The first kappa shape index (κ1) is 17.9. The van der Waals surface area contributed by atoms with E-state index in [1.807, 2.05) is 25.1 Å². The van der Waals surface area contributed by atoms with Gasteiger partial charge in [-0.3, -0.25) is 14.9 Å². The average molecular weight is 353 g/mol. The largest absolute Gasteiger partial charge is 0.359 e. The second kappa shape index (κ2) is 7.15. The molecule has 0 aliphatic carbocycles. The summed E-state index contributed by atoms with van der Waals surface area (Å²) < 4.78 is 0. The van der Waals surface area contributed by atoms with Crippen molar-refractivity contribution >= 4 is 23.0 Å². The molecular formula is C20H23N3O3. The molecule has 1 unspecified atom stereocenters. The molecule has 1 heterocycles. The highest BCUT2D eigenvalue weighted by Crippen LogP contribution is 2.32. The number of hydrogen-bond donors (Lipinski definition) is 1. The molecule has 0 spiro atoms. The minimum absolute atomic E-state index is 0.0754. The molecule has 0 fully saturated rings. The van der Waals surface area contributed by atoms with Crippen LogP contribution in [0.15, 0.2) is 36.4 Å². The lowest BCUT2D eigenvalue weighted by Gasteiger charge is -2.36. The van der Waals surface area contributed by atoms with Crippen molar-refractivity contribution in [2.45, 2.75) is 39.7 Å². The smallest absolute Gasteiger partial charge is 0.293 e. The number of rotatable bonds is 4. The molecule has 6 heteroatoms. The fraction of sp³-hybridized carbons (Fsp3) is 0.350. The number of nitrogens with zero attached hydrogens (tertiary/aromatic N) is 2. The molecule has 0 aromatic heterocycles. The number of para-hydroxylation sites is 1. The van der Waals surface area contributed by atoms with E-state index in [1.54, 1.807) is 13.0 Å². The van der Waals surface area contributed by atoms with E-state index in [0.717, 1.165) is 29.7 Å². The van der Waals surface area contributed by atoms with Crippen molar-refractivity contribution in [2.24, 2.45) is 0 Å².